The molecule has 10 nitrogen and oxygen atoms in total. The lowest BCUT2D eigenvalue weighted by atomic mass is 9.72. The number of carbonyl (C=O) groups is 1. The molecular formula is C26H30N2O8. The van der Waals surface area contributed by atoms with Gasteiger partial charge in [-0.1, -0.05) is 24.3 Å². The van der Waals surface area contributed by atoms with Gasteiger partial charge in [-0.05, 0) is 24.5 Å². The van der Waals surface area contributed by atoms with Gasteiger partial charge in [0.05, 0.1) is 35.9 Å². The maximum absolute atomic E-state index is 13.5. The monoisotopic (exact) mass is 498 g/mol. The van der Waals surface area contributed by atoms with E-state index in [1.807, 2.05) is 23.1 Å². The van der Waals surface area contributed by atoms with E-state index in [1.54, 1.807) is 6.08 Å². The number of fused-ring (bicyclic) bond motifs is 5. The van der Waals surface area contributed by atoms with Gasteiger partial charge in [0.1, 0.15) is 24.4 Å². The summed E-state index contributed by atoms with van der Waals surface area (Å²) in [4.78, 5) is 20.4. The fraction of sp³-hybridized carbons (Fsp3) is 0.538. The summed E-state index contributed by atoms with van der Waals surface area (Å²) in [6.45, 7) is 4.00. The smallest absolute Gasteiger partial charge is 0.253 e. The van der Waals surface area contributed by atoms with Crippen LogP contribution in [0, 0.1) is 11.8 Å². The molecule has 10 heteroatoms. The van der Waals surface area contributed by atoms with Gasteiger partial charge < -0.3 is 39.5 Å². The number of aliphatic hydroxyl groups excluding tert-OH is 4. The third-order valence-corrected chi connectivity index (χ3v) is 8.17. The molecule has 0 aliphatic carbocycles. The van der Waals surface area contributed by atoms with Crippen molar-refractivity contribution in [2.45, 2.75) is 61.9 Å². The molecule has 36 heavy (non-hydrogen) atoms. The molecule has 0 spiro atoms. The van der Waals surface area contributed by atoms with Crippen LogP contribution in [0.25, 0.3) is 5.57 Å². The molecule has 5 heterocycles. The van der Waals surface area contributed by atoms with Crippen LogP contribution in [0.5, 0.6) is 0 Å². The number of aliphatic hydroxyl groups is 4. The van der Waals surface area contributed by atoms with E-state index in [9.17, 15) is 25.2 Å². The normalized spacial score (nSPS) is 41.2. The minimum absolute atomic E-state index is 0.0837. The lowest BCUT2D eigenvalue weighted by Crippen LogP contribution is -2.61. The van der Waals surface area contributed by atoms with Crippen molar-refractivity contribution in [1.29, 1.82) is 0 Å². The summed E-state index contributed by atoms with van der Waals surface area (Å²) >= 11 is 0. The van der Waals surface area contributed by atoms with Crippen LogP contribution in [0.4, 0.5) is 0 Å². The summed E-state index contributed by atoms with van der Waals surface area (Å²) in [5.41, 5.74) is 1.81. The van der Waals surface area contributed by atoms with Gasteiger partial charge in [-0.2, -0.15) is 0 Å². The molecule has 3 fully saturated rings. The lowest BCUT2D eigenvalue weighted by Gasteiger charge is -2.50. The van der Waals surface area contributed by atoms with Gasteiger partial charge in [0.15, 0.2) is 6.29 Å². The van der Waals surface area contributed by atoms with E-state index < -0.39 is 49.5 Å². The molecule has 6 rings (SSSR count). The molecule has 1 amide bonds. The second kappa shape index (κ2) is 9.05. The molecule has 5 aliphatic heterocycles. The van der Waals surface area contributed by atoms with Gasteiger partial charge in [0, 0.05) is 23.6 Å². The van der Waals surface area contributed by atoms with Gasteiger partial charge in [-0.25, -0.2) is 0 Å². The van der Waals surface area contributed by atoms with E-state index >= 15 is 0 Å². The van der Waals surface area contributed by atoms with Gasteiger partial charge in [-0.3, -0.25) is 9.79 Å². The van der Waals surface area contributed by atoms with Crippen molar-refractivity contribution in [3.05, 3.63) is 59.3 Å². The Balaban J connectivity index is 1.27. The first kappa shape index (κ1) is 23.8. The van der Waals surface area contributed by atoms with E-state index in [1.165, 1.54) is 11.8 Å². The maximum Gasteiger partial charge on any atom is 0.253 e. The van der Waals surface area contributed by atoms with Crippen molar-refractivity contribution < 1.29 is 39.4 Å². The number of hydrogen-bond acceptors (Lipinski definition) is 9. The van der Waals surface area contributed by atoms with Crippen molar-refractivity contribution in [3.8, 4) is 0 Å². The second-order valence-electron chi connectivity index (χ2n) is 10.00. The molecule has 0 radical (unpaired) electrons. The number of ether oxygens (including phenoxy) is 3. The highest BCUT2D eigenvalue weighted by Crippen LogP contribution is 2.45. The van der Waals surface area contributed by atoms with Crippen LogP contribution in [0.15, 0.2) is 53.7 Å². The van der Waals surface area contributed by atoms with E-state index in [0.717, 1.165) is 17.0 Å². The van der Waals surface area contributed by atoms with E-state index in [2.05, 4.69) is 12.6 Å². The Morgan fingerprint density at radius 3 is 2.75 bits per heavy atom. The van der Waals surface area contributed by atoms with Gasteiger partial charge in [0.25, 0.3) is 5.91 Å². The highest BCUT2D eigenvalue weighted by atomic mass is 16.8. The van der Waals surface area contributed by atoms with Crippen LogP contribution in [0.3, 0.4) is 0 Å². The summed E-state index contributed by atoms with van der Waals surface area (Å²) in [7, 11) is 0. The Bertz CT molecular complexity index is 1210. The van der Waals surface area contributed by atoms with Crippen LogP contribution in [-0.2, 0) is 19.0 Å². The lowest BCUT2D eigenvalue weighted by molar-refractivity contribution is -0.339. The Hall–Kier alpha value is -2.60. The Morgan fingerprint density at radius 1 is 1.17 bits per heavy atom. The van der Waals surface area contributed by atoms with Crippen LogP contribution >= 0.6 is 0 Å². The zero-order valence-corrected chi connectivity index (χ0v) is 19.6. The summed E-state index contributed by atoms with van der Waals surface area (Å²) in [5.74, 6) is -0.782. The topological polar surface area (TPSA) is 141 Å². The van der Waals surface area contributed by atoms with E-state index in [-0.39, 0.29) is 23.9 Å². The molecule has 0 saturated carbocycles. The number of carbonyl (C=O) groups excluding carboxylic acids is 1. The second-order valence-corrected chi connectivity index (χ2v) is 10.00. The van der Waals surface area contributed by atoms with Crippen LogP contribution in [0.2, 0.25) is 0 Å². The number of nitrogens with zero attached hydrogens (tertiary/aromatic N) is 2. The molecule has 1 aromatic carbocycles. The third-order valence-electron chi connectivity index (χ3n) is 8.17. The van der Waals surface area contributed by atoms with Crippen molar-refractivity contribution in [2.24, 2.45) is 16.8 Å². The Kier molecular flexibility index (Phi) is 5.98. The zero-order valence-electron chi connectivity index (χ0n) is 19.6. The first-order valence-corrected chi connectivity index (χ1v) is 12.3. The summed E-state index contributed by atoms with van der Waals surface area (Å²) < 4.78 is 17.2. The Morgan fingerprint density at radius 2 is 1.97 bits per heavy atom. The number of rotatable bonds is 4. The largest absolute Gasteiger partial charge is 0.471 e. The first-order valence-electron chi connectivity index (χ1n) is 12.3. The van der Waals surface area contributed by atoms with Gasteiger partial charge in [0.2, 0.25) is 6.29 Å². The molecule has 0 bridgehead atoms. The molecule has 4 N–H and O–H groups in total. The molecule has 3 saturated heterocycles. The molecule has 192 valence electrons. The number of para-hydroxylation sites is 1. The molecule has 1 aromatic rings. The Labute approximate surface area is 207 Å². The predicted octanol–water partition coefficient (Wildman–Crippen LogP) is -1.68. The maximum atomic E-state index is 13.5. The van der Waals surface area contributed by atoms with Crippen LogP contribution in [0.1, 0.15) is 12.8 Å². The summed E-state index contributed by atoms with van der Waals surface area (Å²) in [5, 5.41) is 42.2. The highest BCUT2D eigenvalue weighted by Gasteiger charge is 2.52. The fourth-order valence-corrected chi connectivity index (χ4v) is 6.28. The summed E-state index contributed by atoms with van der Waals surface area (Å²) in [6.07, 6.45) is -3.52. The van der Waals surface area contributed by atoms with Crippen molar-refractivity contribution in [3.63, 3.8) is 0 Å². The van der Waals surface area contributed by atoms with Gasteiger partial charge >= 0.3 is 0 Å². The quantitative estimate of drug-likeness (QED) is 0.361. The van der Waals surface area contributed by atoms with Crippen molar-refractivity contribution in [2.75, 3.05) is 13.2 Å². The SMILES string of the molecule is C=C[C@H]1C(O[C@@H]2O[C@H](CO)[C@@H](O)[C@H](O)[C@H]2O)OC=C2C(=O)N3CCC4=c5ccccc5=NC4[C@H]3C[C@H]21. The molecule has 5 aliphatic rings. The molecule has 2 unspecified atom stereocenters. The molecule has 10 atom stereocenters. The molecular weight excluding hydrogens is 468 g/mol. The third kappa shape index (κ3) is 3.55. The zero-order chi connectivity index (χ0) is 25.1. The van der Waals surface area contributed by atoms with E-state index in [4.69, 9.17) is 19.2 Å². The van der Waals surface area contributed by atoms with E-state index in [0.29, 0.717) is 18.5 Å². The number of amides is 1. The average Bonchev–Trinajstić information content (AvgIpc) is 3.28. The minimum atomic E-state index is -1.57. The van der Waals surface area contributed by atoms with Crippen LogP contribution in [-0.4, -0.2) is 93.5 Å². The van der Waals surface area contributed by atoms with Crippen LogP contribution < -0.4 is 10.6 Å². The highest BCUT2D eigenvalue weighted by molar-refractivity contribution is 5.95. The number of hydrogen-bond donors (Lipinski definition) is 4. The first-order chi connectivity index (χ1) is 17.4. The fourth-order valence-electron chi connectivity index (χ4n) is 6.28. The number of piperidine rings is 2. The predicted molar refractivity (Wildman–Crippen MR) is 124 cm³/mol. The molecule has 0 aromatic heterocycles. The standard InChI is InChI=1S/C26H30N2O8/c1-2-12-15-9-18-20-14(13-5-3-4-6-17(13)27-20)7-8-28(18)24(33)16(15)11-34-25(12)36-26-23(32)22(31)21(30)19(10-29)35-26/h2-6,11-12,15,18-23,25-26,29-32H,1,7-10H2/t12-,15+,18-,19-,20?,21-,22+,23-,25?,26+/m1/s1. The average molecular weight is 499 g/mol. The number of benzene rings is 1. The summed E-state index contributed by atoms with van der Waals surface area (Å²) in [6, 6.07) is 7.87. The van der Waals surface area contributed by atoms with Crippen molar-refractivity contribution >= 4 is 11.5 Å². The van der Waals surface area contributed by atoms with Gasteiger partial charge in [-0.15, -0.1) is 6.58 Å². The van der Waals surface area contributed by atoms with Crippen molar-refractivity contribution in [1.82, 2.24) is 4.90 Å². The minimum Gasteiger partial charge on any atom is -0.471 e.